The van der Waals surface area contributed by atoms with Gasteiger partial charge in [-0.3, -0.25) is 14.4 Å². The molecule has 2 aromatic carbocycles. The van der Waals surface area contributed by atoms with Gasteiger partial charge in [0.2, 0.25) is 11.8 Å². The Kier molecular flexibility index (Phi) is 6.49. The lowest BCUT2D eigenvalue weighted by molar-refractivity contribution is -0.141. The Morgan fingerprint density at radius 3 is 1.58 bits per heavy atom. The summed E-state index contributed by atoms with van der Waals surface area (Å²) >= 11 is 0. The first-order valence-corrected chi connectivity index (χ1v) is 8.33. The van der Waals surface area contributed by atoms with Crippen LogP contribution >= 0.6 is 0 Å². The minimum atomic E-state index is -1.14. The van der Waals surface area contributed by atoms with Crippen molar-refractivity contribution in [2.75, 3.05) is 0 Å². The molecule has 0 radical (unpaired) electrons. The molecule has 6 heteroatoms. The average molecular weight is 354 g/mol. The molecule has 2 aromatic rings. The minimum absolute atomic E-state index is 0.326. The summed E-state index contributed by atoms with van der Waals surface area (Å²) in [6, 6.07) is 16.7. The number of amides is 2. The van der Waals surface area contributed by atoms with Gasteiger partial charge in [0.25, 0.3) is 0 Å². The number of nitrogens with one attached hydrogen (secondary N) is 2. The second-order valence-corrected chi connectivity index (χ2v) is 6.05. The summed E-state index contributed by atoms with van der Waals surface area (Å²) in [7, 11) is 0. The number of rotatable bonds is 7. The molecule has 2 amide bonds. The Morgan fingerprint density at radius 2 is 1.15 bits per heavy atom. The number of hydrogen-bond acceptors (Lipinski definition) is 3. The minimum Gasteiger partial charge on any atom is -0.480 e. The van der Waals surface area contributed by atoms with Crippen LogP contribution in [0, 0.1) is 0 Å². The molecule has 0 bridgehead atoms. The van der Waals surface area contributed by atoms with Crippen molar-refractivity contribution in [2.24, 2.45) is 0 Å². The number of benzene rings is 2. The fraction of sp³-hybridized carbons (Fsp3) is 0.250. The van der Waals surface area contributed by atoms with Crippen LogP contribution in [0.2, 0.25) is 0 Å². The average Bonchev–Trinajstić information content (AvgIpc) is 2.63. The molecule has 2 rings (SSSR count). The smallest absolute Gasteiger partial charge is 0.325 e. The van der Waals surface area contributed by atoms with Gasteiger partial charge in [-0.2, -0.15) is 0 Å². The van der Waals surface area contributed by atoms with Crippen LogP contribution < -0.4 is 10.6 Å². The topological polar surface area (TPSA) is 95.5 Å². The summed E-state index contributed by atoms with van der Waals surface area (Å²) in [6.07, 6.45) is 0. The van der Waals surface area contributed by atoms with Gasteiger partial charge in [0, 0.05) is 0 Å². The third-order valence-corrected chi connectivity index (χ3v) is 4.01. The van der Waals surface area contributed by atoms with E-state index >= 15 is 0 Å². The zero-order valence-electron chi connectivity index (χ0n) is 14.7. The van der Waals surface area contributed by atoms with Gasteiger partial charge in [0.1, 0.15) is 12.1 Å². The van der Waals surface area contributed by atoms with Crippen molar-refractivity contribution in [1.82, 2.24) is 10.6 Å². The molecule has 0 saturated carbocycles. The highest BCUT2D eigenvalue weighted by atomic mass is 16.4. The molecule has 3 N–H and O–H groups in total. The van der Waals surface area contributed by atoms with Gasteiger partial charge < -0.3 is 15.7 Å². The maximum Gasteiger partial charge on any atom is 0.325 e. The summed E-state index contributed by atoms with van der Waals surface area (Å²) in [6.45, 7) is 2.89. The summed E-state index contributed by atoms with van der Waals surface area (Å²) < 4.78 is 0. The highest BCUT2D eigenvalue weighted by molar-refractivity contribution is 5.93. The summed E-state index contributed by atoms with van der Waals surface area (Å²) in [5, 5.41) is 13.9. The molecule has 0 fully saturated rings. The number of hydrogen-bond donors (Lipinski definition) is 3. The van der Waals surface area contributed by atoms with E-state index in [1.165, 1.54) is 13.8 Å². The number of carboxylic acids is 1. The maximum atomic E-state index is 12.9. The van der Waals surface area contributed by atoms with Crippen LogP contribution in [0.3, 0.4) is 0 Å². The van der Waals surface area contributed by atoms with E-state index in [-0.39, 0.29) is 5.91 Å². The van der Waals surface area contributed by atoms with Gasteiger partial charge in [-0.25, -0.2) is 0 Å². The van der Waals surface area contributed by atoms with Gasteiger partial charge in [0.05, 0.1) is 5.92 Å². The van der Waals surface area contributed by atoms with Crippen molar-refractivity contribution < 1.29 is 19.5 Å². The number of carbonyl (C=O) groups excluding carboxylic acids is 2. The third kappa shape index (κ3) is 4.92. The molecule has 0 aromatic heterocycles. The first-order chi connectivity index (χ1) is 12.4. The predicted octanol–water partition coefficient (Wildman–Crippen LogP) is 1.91. The van der Waals surface area contributed by atoms with Crippen LogP contribution in [0.15, 0.2) is 60.7 Å². The fourth-order valence-electron chi connectivity index (χ4n) is 2.55. The first kappa shape index (κ1) is 19.2. The summed E-state index contributed by atoms with van der Waals surface area (Å²) in [4.78, 5) is 35.8. The molecule has 0 aliphatic rings. The fourth-order valence-corrected chi connectivity index (χ4v) is 2.55. The highest BCUT2D eigenvalue weighted by Gasteiger charge is 2.26. The third-order valence-electron chi connectivity index (χ3n) is 4.01. The Balaban J connectivity index is 2.17. The number of aliphatic carboxylic acids is 1. The number of carboxylic acid groups (broad SMARTS) is 1. The van der Waals surface area contributed by atoms with Gasteiger partial charge in [-0.1, -0.05) is 60.7 Å². The molecule has 0 saturated heterocycles. The van der Waals surface area contributed by atoms with E-state index in [4.69, 9.17) is 5.11 Å². The van der Waals surface area contributed by atoms with E-state index < -0.39 is 29.9 Å². The van der Waals surface area contributed by atoms with Gasteiger partial charge in [0.15, 0.2) is 0 Å². The van der Waals surface area contributed by atoms with Crippen molar-refractivity contribution in [1.29, 1.82) is 0 Å². The van der Waals surface area contributed by atoms with E-state index in [1.807, 2.05) is 60.7 Å². The Hall–Kier alpha value is -3.15. The van der Waals surface area contributed by atoms with E-state index in [2.05, 4.69) is 10.6 Å². The van der Waals surface area contributed by atoms with E-state index in [0.29, 0.717) is 0 Å². The molecule has 2 atom stereocenters. The zero-order chi connectivity index (χ0) is 19.1. The molecule has 0 heterocycles. The monoisotopic (exact) mass is 354 g/mol. The molecular weight excluding hydrogens is 332 g/mol. The van der Waals surface area contributed by atoms with E-state index in [1.54, 1.807) is 0 Å². The van der Waals surface area contributed by atoms with Crippen molar-refractivity contribution in [3.63, 3.8) is 0 Å². The lowest BCUT2D eigenvalue weighted by Crippen LogP contribution is -2.50. The van der Waals surface area contributed by atoms with Crippen LogP contribution in [-0.2, 0) is 14.4 Å². The van der Waals surface area contributed by atoms with Crippen LogP contribution in [-0.4, -0.2) is 35.0 Å². The quantitative estimate of drug-likeness (QED) is 0.708. The van der Waals surface area contributed by atoms with Crippen molar-refractivity contribution >= 4 is 17.8 Å². The largest absolute Gasteiger partial charge is 0.480 e. The van der Waals surface area contributed by atoms with Crippen LogP contribution in [0.1, 0.15) is 30.9 Å². The second kappa shape index (κ2) is 8.80. The molecule has 26 heavy (non-hydrogen) atoms. The molecule has 0 aliphatic heterocycles. The lowest BCUT2D eigenvalue weighted by atomic mass is 9.90. The predicted molar refractivity (Wildman–Crippen MR) is 97.6 cm³/mol. The SMILES string of the molecule is C[C@H](NC(=O)C(c1ccccc1)c1ccccc1)C(=O)N[C@H](C)C(=O)O. The lowest BCUT2D eigenvalue weighted by Gasteiger charge is -2.21. The van der Waals surface area contributed by atoms with Crippen molar-refractivity contribution in [3.05, 3.63) is 71.8 Å². The van der Waals surface area contributed by atoms with Crippen molar-refractivity contribution in [2.45, 2.75) is 31.8 Å². The van der Waals surface area contributed by atoms with Gasteiger partial charge in [-0.05, 0) is 25.0 Å². The van der Waals surface area contributed by atoms with Crippen LogP contribution in [0.4, 0.5) is 0 Å². The Labute approximate surface area is 152 Å². The van der Waals surface area contributed by atoms with Crippen molar-refractivity contribution in [3.8, 4) is 0 Å². The second-order valence-electron chi connectivity index (χ2n) is 6.05. The molecule has 0 spiro atoms. The Bertz CT molecular complexity index is 722. The van der Waals surface area contributed by atoms with Gasteiger partial charge in [-0.15, -0.1) is 0 Å². The normalized spacial score (nSPS) is 12.9. The standard InChI is InChI=1S/C20H22N2O4/c1-13(18(23)22-14(2)20(25)26)21-19(24)17(15-9-5-3-6-10-15)16-11-7-4-8-12-16/h3-14,17H,1-2H3,(H,21,24)(H,22,23)(H,25,26)/t13-,14+/m0/s1. The Morgan fingerprint density at radius 1 is 0.731 bits per heavy atom. The first-order valence-electron chi connectivity index (χ1n) is 8.33. The molecule has 6 nitrogen and oxygen atoms in total. The number of carbonyl (C=O) groups is 3. The van der Waals surface area contributed by atoms with Crippen LogP contribution in [0.25, 0.3) is 0 Å². The molecule has 0 aliphatic carbocycles. The van der Waals surface area contributed by atoms with Gasteiger partial charge >= 0.3 is 5.97 Å². The molecule has 136 valence electrons. The zero-order valence-corrected chi connectivity index (χ0v) is 14.7. The summed E-state index contributed by atoms with van der Waals surface area (Å²) in [5.41, 5.74) is 1.62. The van der Waals surface area contributed by atoms with E-state index in [9.17, 15) is 14.4 Å². The van der Waals surface area contributed by atoms with Crippen LogP contribution in [0.5, 0.6) is 0 Å². The highest BCUT2D eigenvalue weighted by Crippen LogP contribution is 2.24. The molecular formula is C20H22N2O4. The van der Waals surface area contributed by atoms with E-state index in [0.717, 1.165) is 11.1 Å². The summed E-state index contributed by atoms with van der Waals surface area (Å²) in [5.74, 6) is -2.57. The molecule has 0 unspecified atom stereocenters. The maximum absolute atomic E-state index is 12.9.